The molecule has 2 amide bonds. The molecular formula is C22H20N2O4. The van der Waals surface area contributed by atoms with Gasteiger partial charge in [-0.1, -0.05) is 36.4 Å². The van der Waals surface area contributed by atoms with Gasteiger partial charge in [-0.05, 0) is 53.6 Å². The fraction of sp³-hybridized carbons (Fsp3) is 0.136. The highest BCUT2D eigenvalue weighted by Crippen LogP contribution is 2.20. The van der Waals surface area contributed by atoms with Crippen molar-refractivity contribution in [2.45, 2.75) is 13.0 Å². The minimum absolute atomic E-state index is 0.231. The number of esters is 1. The normalized spacial score (nSPS) is 11.6. The molecule has 0 radical (unpaired) electrons. The minimum atomic E-state index is -0.649. The van der Waals surface area contributed by atoms with E-state index in [1.54, 1.807) is 0 Å². The maximum atomic E-state index is 12.1. The van der Waals surface area contributed by atoms with E-state index < -0.39 is 24.4 Å². The van der Waals surface area contributed by atoms with Crippen LogP contribution in [0, 0.1) is 0 Å². The number of nitrogens with two attached hydrogens (primary N) is 1. The Bertz CT molecular complexity index is 1030. The van der Waals surface area contributed by atoms with E-state index in [9.17, 15) is 14.4 Å². The zero-order chi connectivity index (χ0) is 20.1. The van der Waals surface area contributed by atoms with Gasteiger partial charge < -0.3 is 15.8 Å². The number of nitrogens with one attached hydrogen (secondary N) is 1. The van der Waals surface area contributed by atoms with Crippen LogP contribution in [0.25, 0.3) is 10.8 Å². The number of hydrogen-bond acceptors (Lipinski definition) is 4. The lowest BCUT2D eigenvalue weighted by atomic mass is 10.0. The van der Waals surface area contributed by atoms with E-state index in [0.29, 0.717) is 5.56 Å². The van der Waals surface area contributed by atoms with Crippen molar-refractivity contribution in [3.63, 3.8) is 0 Å². The van der Waals surface area contributed by atoms with Crippen molar-refractivity contribution in [3.05, 3.63) is 83.4 Å². The summed E-state index contributed by atoms with van der Waals surface area (Å²) in [5.74, 6) is -1.63. The Morgan fingerprint density at radius 3 is 2.25 bits per heavy atom. The Kier molecular flexibility index (Phi) is 5.69. The molecule has 0 saturated carbocycles. The van der Waals surface area contributed by atoms with Crippen molar-refractivity contribution in [2.75, 3.05) is 6.61 Å². The summed E-state index contributed by atoms with van der Waals surface area (Å²) in [6.45, 7) is 1.47. The molecule has 1 atom stereocenters. The van der Waals surface area contributed by atoms with E-state index in [1.165, 1.54) is 24.3 Å². The van der Waals surface area contributed by atoms with Crippen LogP contribution in [0.3, 0.4) is 0 Å². The van der Waals surface area contributed by atoms with Crippen molar-refractivity contribution in [1.82, 2.24) is 5.32 Å². The smallest absolute Gasteiger partial charge is 0.338 e. The molecule has 3 aromatic carbocycles. The summed E-state index contributed by atoms with van der Waals surface area (Å²) in [7, 11) is 0. The lowest BCUT2D eigenvalue weighted by Gasteiger charge is -2.15. The SMILES string of the molecule is C[C@H](NC(=O)COC(=O)c1ccc(C(N)=O)cc1)c1ccc2ccccc2c1. The van der Waals surface area contributed by atoms with Crippen molar-refractivity contribution >= 4 is 28.6 Å². The molecule has 3 rings (SSSR count). The van der Waals surface area contributed by atoms with Gasteiger partial charge in [0.2, 0.25) is 5.91 Å². The average Bonchev–Trinajstić information content (AvgIpc) is 2.71. The largest absolute Gasteiger partial charge is 0.452 e. The van der Waals surface area contributed by atoms with Crippen LogP contribution in [0.5, 0.6) is 0 Å². The van der Waals surface area contributed by atoms with E-state index in [4.69, 9.17) is 10.5 Å². The van der Waals surface area contributed by atoms with Gasteiger partial charge in [0.1, 0.15) is 0 Å². The second-order valence-corrected chi connectivity index (χ2v) is 6.41. The van der Waals surface area contributed by atoms with Crippen molar-refractivity contribution < 1.29 is 19.1 Å². The first kappa shape index (κ1) is 19.1. The molecule has 0 aromatic heterocycles. The summed E-state index contributed by atoms with van der Waals surface area (Å²) >= 11 is 0. The van der Waals surface area contributed by atoms with Crippen LogP contribution >= 0.6 is 0 Å². The van der Waals surface area contributed by atoms with Gasteiger partial charge in [-0.2, -0.15) is 0 Å². The lowest BCUT2D eigenvalue weighted by Crippen LogP contribution is -2.31. The van der Waals surface area contributed by atoms with Crippen LogP contribution in [0.1, 0.15) is 39.2 Å². The highest BCUT2D eigenvalue weighted by Gasteiger charge is 2.14. The van der Waals surface area contributed by atoms with Gasteiger partial charge in [0.25, 0.3) is 5.91 Å². The second kappa shape index (κ2) is 8.35. The predicted octanol–water partition coefficient (Wildman–Crippen LogP) is 2.97. The number of carbonyl (C=O) groups is 3. The summed E-state index contributed by atoms with van der Waals surface area (Å²) in [4.78, 5) is 35.2. The first-order valence-corrected chi connectivity index (χ1v) is 8.79. The van der Waals surface area contributed by atoms with Crippen LogP contribution < -0.4 is 11.1 Å². The first-order valence-electron chi connectivity index (χ1n) is 8.79. The molecule has 0 heterocycles. The number of primary amides is 1. The Morgan fingerprint density at radius 2 is 1.57 bits per heavy atom. The lowest BCUT2D eigenvalue weighted by molar-refractivity contribution is -0.124. The summed E-state index contributed by atoms with van der Waals surface area (Å²) in [6, 6.07) is 19.4. The molecule has 0 saturated heterocycles. The fourth-order valence-electron chi connectivity index (χ4n) is 2.83. The van der Waals surface area contributed by atoms with Crippen LogP contribution in [0.4, 0.5) is 0 Å². The molecule has 3 N–H and O–H groups in total. The number of amides is 2. The summed E-state index contributed by atoms with van der Waals surface area (Å²) in [5, 5.41) is 5.03. The quantitative estimate of drug-likeness (QED) is 0.646. The van der Waals surface area contributed by atoms with Gasteiger partial charge >= 0.3 is 5.97 Å². The van der Waals surface area contributed by atoms with Crippen LogP contribution in [-0.4, -0.2) is 24.4 Å². The number of hydrogen-bond donors (Lipinski definition) is 2. The Labute approximate surface area is 162 Å². The van der Waals surface area contributed by atoms with Gasteiger partial charge in [0, 0.05) is 5.56 Å². The van der Waals surface area contributed by atoms with E-state index in [1.807, 2.05) is 49.4 Å². The third kappa shape index (κ3) is 4.54. The van der Waals surface area contributed by atoms with E-state index in [0.717, 1.165) is 16.3 Å². The number of fused-ring (bicyclic) bond motifs is 1. The molecule has 0 aliphatic rings. The number of benzene rings is 3. The topological polar surface area (TPSA) is 98.5 Å². The third-order valence-corrected chi connectivity index (χ3v) is 4.39. The van der Waals surface area contributed by atoms with E-state index in [-0.39, 0.29) is 11.6 Å². The fourth-order valence-corrected chi connectivity index (χ4v) is 2.83. The molecule has 0 aliphatic heterocycles. The highest BCUT2D eigenvalue weighted by molar-refractivity contribution is 5.95. The second-order valence-electron chi connectivity index (χ2n) is 6.41. The molecule has 0 bridgehead atoms. The van der Waals surface area contributed by atoms with Crippen molar-refractivity contribution in [1.29, 1.82) is 0 Å². The molecule has 142 valence electrons. The van der Waals surface area contributed by atoms with E-state index in [2.05, 4.69) is 5.32 Å². The van der Waals surface area contributed by atoms with Crippen LogP contribution in [-0.2, 0) is 9.53 Å². The van der Waals surface area contributed by atoms with Crippen LogP contribution in [0.2, 0.25) is 0 Å². The zero-order valence-electron chi connectivity index (χ0n) is 15.3. The van der Waals surface area contributed by atoms with Crippen LogP contribution in [0.15, 0.2) is 66.7 Å². The maximum absolute atomic E-state index is 12.1. The Hall–Kier alpha value is -3.67. The molecule has 0 fully saturated rings. The first-order chi connectivity index (χ1) is 13.4. The van der Waals surface area contributed by atoms with Gasteiger partial charge in [0.05, 0.1) is 11.6 Å². The molecule has 0 aliphatic carbocycles. The Balaban J connectivity index is 1.55. The molecule has 0 unspecified atom stereocenters. The molecule has 28 heavy (non-hydrogen) atoms. The summed E-state index contributed by atoms with van der Waals surface area (Å²) < 4.78 is 5.03. The molecule has 6 heteroatoms. The van der Waals surface area contributed by atoms with Crippen molar-refractivity contribution in [2.24, 2.45) is 5.73 Å². The third-order valence-electron chi connectivity index (χ3n) is 4.39. The molecule has 3 aromatic rings. The maximum Gasteiger partial charge on any atom is 0.338 e. The summed E-state index contributed by atoms with van der Waals surface area (Å²) in [5.41, 5.74) is 6.64. The monoisotopic (exact) mass is 376 g/mol. The highest BCUT2D eigenvalue weighted by atomic mass is 16.5. The average molecular weight is 376 g/mol. The van der Waals surface area contributed by atoms with Gasteiger partial charge in [-0.25, -0.2) is 4.79 Å². The summed E-state index contributed by atoms with van der Waals surface area (Å²) in [6.07, 6.45) is 0. The minimum Gasteiger partial charge on any atom is -0.452 e. The van der Waals surface area contributed by atoms with Gasteiger partial charge in [-0.15, -0.1) is 0 Å². The molecule has 6 nitrogen and oxygen atoms in total. The number of rotatable bonds is 6. The predicted molar refractivity (Wildman–Crippen MR) is 106 cm³/mol. The molecular weight excluding hydrogens is 356 g/mol. The zero-order valence-corrected chi connectivity index (χ0v) is 15.3. The standard InChI is InChI=1S/C22H20N2O4/c1-14(18-11-6-15-4-2-3-5-19(15)12-18)24-20(25)13-28-22(27)17-9-7-16(8-10-17)21(23)26/h2-12,14H,13H2,1H3,(H2,23,26)(H,24,25)/t14-/m0/s1. The number of ether oxygens (including phenoxy) is 1. The van der Waals surface area contributed by atoms with Gasteiger partial charge in [0.15, 0.2) is 6.61 Å². The van der Waals surface area contributed by atoms with E-state index >= 15 is 0 Å². The molecule has 0 spiro atoms. The Morgan fingerprint density at radius 1 is 0.929 bits per heavy atom. The number of carbonyl (C=O) groups excluding carboxylic acids is 3. The van der Waals surface area contributed by atoms with Gasteiger partial charge in [-0.3, -0.25) is 9.59 Å². The van der Waals surface area contributed by atoms with Crippen molar-refractivity contribution in [3.8, 4) is 0 Å².